The Balaban J connectivity index is 2.29. The maximum Gasteiger partial charge on any atom is 0.310 e. The third-order valence-electron chi connectivity index (χ3n) is 4.06. The van der Waals surface area contributed by atoms with Gasteiger partial charge in [-0.1, -0.05) is 25.3 Å². The molecule has 1 saturated carbocycles. The van der Waals surface area contributed by atoms with Crippen LogP contribution in [0.1, 0.15) is 32.1 Å². The first kappa shape index (κ1) is 16.7. The van der Waals surface area contributed by atoms with E-state index in [1.165, 1.54) is 18.2 Å². The van der Waals surface area contributed by atoms with Crippen molar-refractivity contribution in [3.8, 4) is 0 Å². The molecule has 0 spiro atoms. The molecule has 0 atom stereocenters. The molecule has 2 rings (SSSR count). The Hall–Kier alpha value is -1.67. The largest absolute Gasteiger partial charge is 0.378 e. The van der Waals surface area contributed by atoms with Gasteiger partial charge in [-0.2, -0.15) is 0 Å². The van der Waals surface area contributed by atoms with Gasteiger partial charge in [-0.25, -0.2) is 8.42 Å². The molecule has 1 aliphatic rings. The molecule has 122 valence electrons. The molecule has 1 aromatic rings. The number of para-hydroxylation sites is 1. The lowest BCUT2D eigenvalue weighted by Crippen LogP contribution is -2.47. The SMILES string of the molecule is CS(=O)(=O)c1cccc(NCC2(N)CCCCC2)c1[N+](=O)[O-]. The number of nitro benzene ring substituents is 1. The zero-order chi connectivity index (χ0) is 16.4. The van der Waals surface area contributed by atoms with E-state index in [9.17, 15) is 18.5 Å². The number of nitrogens with two attached hydrogens (primary N) is 1. The quantitative estimate of drug-likeness (QED) is 0.632. The van der Waals surface area contributed by atoms with Crippen LogP contribution in [0.3, 0.4) is 0 Å². The van der Waals surface area contributed by atoms with Crippen molar-refractivity contribution in [2.24, 2.45) is 5.73 Å². The van der Waals surface area contributed by atoms with E-state index in [0.717, 1.165) is 38.4 Å². The average molecular weight is 327 g/mol. The highest BCUT2D eigenvalue weighted by atomic mass is 32.2. The molecule has 0 aliphatic heterocycles. The predicted octanol–water partition coefficient (Wildman–Crippen LogP) is 2.07. The fourth-order valence-electron chi connectivity index (χ4n) is 2.86. The second-order valence-electron chi connectivity index (χ2n) is 5.96. The Morgan fingerprint density at radius 2 is 1.95 bits per heavy atom. The highest BCUT2D eigenvalue weighted by molar-refractivity contribution is 7.90. The summed E-state index contributed by atoms with van der Waals surface area (Å²) in [6, 6.07) is 4.26. The number of anilines is 1. The van der Waals surface area contributed by atoms with Gasteiger partial charge in [0.2, 0.25) is 0 Å². The minimum atomic E-state index is -3.67. The van der Waals surface area contributed by atoms with Crippen LogP contribution in [0.15, 0.2) is 23.1 Å². The smallest absolute Gasteiger partial charge is 0.310 e. The van der Waals surface area contributed by atoms with Gasteiger partial charge in [0.1, 0.15) is 10.6 Å². The number of hydrogen-bond acceptors (Lipinski definition) is 6. The van der Waals surface area contributed by atoms with Gasteiger partial charge in [0.05, 0.1) is 4.92 Å². The zero-order valence-electron chi connectivity index (χ0n) is 12.5. The van der Waals surface area contributed by atoms with Crippen molar-refractivity contribution in [3.63, 3.8) is 0 Å². The van der Waals surface area contributed by atoms with Gasteiger partial charge >= 0.3 is 5.69 Å². The van der Waals surface area contributed by atoms with Crippen molar-refractivity contribution in [2.75, 3.05) is 18.1 Å². The molecule has 1 aliphatic carbocycles. The van der Waals surface area contributed by atoms with Crippen LogP contribution in [-0.2, 0) is 9.84 Å². The van der Waals surface area contributed by atoms with E-state index in [0.29, 0.717) is 6.54 Å². The lowest BCUT2D eigenvalue weighted by molar-refractivity contribution is -0.386. The Morgan fingerprint density at radius 1 is 1.32 bits per heavy atom. The second kappa shape index (κ2) is 6.21. The summed E-state index contributed by atoms with van der Waals surface area (Å²) in [7, 11) is -3.67. The third kappa shape index (κ3) is 3.75. The van der Waals surface area contributed by atoms with Crippen LogP contribution in [0, 0.1) is 10.1 Å². The first-order valence-electron chi connectivity index (χ1n) is 7.23. The summed E-state index contributed by atoms with van der Waals surface area (Å²) < 4.78 is 23.4. The molecule has 22 heavy (non-hydrogen) atoms. The summed E-state index contributed by atoms with van der Waals surface area (Å²) in [4.78, 5) is 10.3. The van der Waals surface area contributed by atoms with Gasteiger partial charge < -0.3 is 11.1 Å². The Morgan fingerprint density at radius 3 is 2.50 bits per heavy atom. The van der Waals surface area contributed by atoms with Crippen LogP contribution in [0.25, 0.3) is 0 Å². The van der Waals surface area contributed by atoms with Gasteiger partial charge in [0.25, 0.3) is 0 Å². The van der Waals surface area contributed by atoms with E-state index in [1.54, 1.807) is 0 Å². The van der Waals surface area contributed by atoms with E-state index < -0.39 is 26.0 Å². The molecule has 1 aromatic carbocycles. The first-order chi connectivity index (χ1) is 10.2. The molecule has 0 saturated heterocycles. The lowest BCUT2D eigenvalue weighted by atomic mass is 9.82. The molecule has 0 aromatic heterocycles. The van der Waals surface area contributed by atoms with Crippen molar-refractivity contribution in [1.82, 2.24) is 0 Å². The molecule has 0 heterocycles. The standard InChI is InChI=1S/C14H21N3O4S/c1-22(20,21)12-7-5-6-11(13(12)17(18)19)16-10-14(15)8-3-2-4-9-14/h5-7,16H,2-4,8-10,15H2,1H3. The van der Waals surface area contributed by atoms with Gasteiger partial charge in [-0.3, -0.25) is 10.1 Å². The number of benzene rings is 1. The molecular formula is C14H21N3O4S. The van der Waals surface area contributed by atoms with Crippen LogP contribution < -0.4 is 11.1 Å². The van der Waals surface area contributed by atoms with Crippen LogP contribution in [0.2, 0.25) is 0 Å². The highest BCUT2D eigenvalue weighted by Crippen LogP contribution is 2.33. The predicted molar refractivity (Wildman–Crippen MR) is 84.7 cm³/mol. The molecule has 0 bridgehead atoms. The van der Waals surface area contributed by atoms with Crippen LogP contribution >= 0.6 is 0 Å². The van der Waals surface area contributed by atoms with Crippen LogP contribution in [0.5, 0.6) is 0 Å². The fraction of sp³-hybridized carbons (Fsp3) is 0.571. The molecule has 1 fully saturated rings. The van der Waals surface area contributed by atoms with E-state index in [2.05, 4.69) is 5.32 Å². The lowest BCUT2D eigenvalue weighted by Gasteiger charge is -2.33. The van der Waals surface area contributed by atoms with Gasteiger partial charge in [-0.15, -0.1) is 0 Å². The summed E-state index contributed by atoms with van der Waals surface area (Å²) in [6.45, 7) is 0.390. The second-order valence-corrected chi connectivity index (χ2v) is 7.94. The summed E-state index contributed by atoms with van der Waals surface area (Å²) in [5.41, 5.74) is 5.70. The minimum Gasteiger partial charge on any atom is -0.378 e. The monoisotopic (exact) mass is 327 g/mol. The number of sulfone groups is 1. The fourth-order valence-corrected chi connectivity index (χ4v) is 3.72. The van der Waals surface area contributed by atoms with E-state index in [4.69, 9.17) is 5.73 Å². The summed E-state index contributed by atoms with van der Waals surface area (Å²) in [5.74, 6) is 0. The number of hydrogen-bond donors (Lipinski definition) is 2. The first-order valence-corrected chi connectivity index (χ1v) is 9.12. The molecule has 7 nitrogen and oxygen atoms in total. The van der Waals surface area contributed by atoms with E-state index >= 15 is 0 Å². The minimum absolute atomic E-state index is 0.198. The van der Waals surface area contributed by atoms with Crippen molar-refractivity contribution < 1.29 is 13.3 Å². The van der Waals surface area contributed by atoms with Crippen LogP contribution in [-0.4, -0.2) is 31.7 Å². The van der Waals surface area contributed by atoms with Crippen molar-refractivity contribution >= 4 is 21.2 Å². The van der Waals surface area contributed by atoms with Gasteiger partial charge in [0.15, 0.2) is 9.84 Å². The van der Waals surface area contributed by atoms with Gasteiger partial charge in [-0.05, 0) is 25.0 Å². The number of rotatable bonds is 5. The highest BCUT2D eigenvalue weighted by Gasteiger charge is 2.30. The number of nitrogens with zero attached hydrogens (tertiary/aromatic N) is 1. The van der Waals surface area contributed by atoms with Crippen molar-refractivity contribution in [2.45, 2.75) is 42.5 Å². The molecule has 0 unspecified atom stereocenters. The van der Waals surface area contributed by atoms with Crippen LogP contribution in [0.4, 0.5) is 11.4 Å². The zero-order valence-corrected chi connectivity index (χ0v) is 13.4. The normalized spacial score (nSPS) is 17.9. The number of nitro groups is 1. The Bertz CT molecular complexity index is 667. The van der Waals surface area contributed by atoms with E-state index in [-0.39, 0.29) is 10.6 Å². The summed E-state index contributed by atoms with van der Waals surface area (Å²) >= 11 is 0. The molecule has 0 radical (unpaired) electrons. The summed E-state index contributed by atoms with van der Waals surface area (Å²) in [6.07, 6.45) is 5.93. The molecule has 8 heteroatoms. The average Bonchev–Trinajstić information content (AvgIpc) is 2.44. The maximum atomic E-state index is 11.7. The summed E-state index contributed by atoms with van der Waals surface area (Å²) in [5, 5.41) is 14.3. The number of nitrogens with one attached hydrogen (secondary N) is 1. The molecular weight excluding hydrogens is 306 g/mol. The maximum absolute atomic E-state index is 11.7. The van der Waals surface area contributed by atoms with E-state index in [1.807, 2.05) is 0 Å². The van der Waals surface area contributed by atoms with Gasteiger partial charge in [0, 0.05) is 18.3 Å². The Labute approximate surface area is 130 Å². The third-order valence-corrected chi connectivity index (χ3v) is 5.19. The van der Waals surface area contributed by atoms with Crippen molar-refractivity contribution in [1.29, 1.82) is 0 Å². The Kier molecular flexibility index (Phi) is 4.72. The molecule has 0 amide bonds. The topological polar surface area (TPSA) is 115 Å². The molecule has 3 N–H and O–H groups in total. The van der Waals surface area contributed by atoms with Crippen molar-refractivity contribution in [3.05, 3.63) is 28.3 Å².